The molecule has 0 radical (unpaired) electrons. The fraction of sp³-hybridized carbons (Fsp3) is 0.385. The lowest BCUT2D eigenvalue weighted by Crippen LogP contribution is -2.48. The van der Waals surface area contributed by atoms with Gasteiger partial charge in [-0.25, -0.2) is 4.79 Å². The number of carboxylic acid groups (broad SMARTS) is 1. The number of nitrogens with zero attached hydrogens (tertiary/aromatic N) is 1. The van der Waals surface area contributed by atoms with Gasteiger partial charge in [0.15, 0.2) is 5.78 Å². The number of fused-ring (bicyclic) bond motifs is 1. The molecule has 0 aromatic heterocycles. The van der Waals surface area contributed by atoms with Gasteiger partial charge < -0.3 is 10.0 Å². The molecule has 0 saturated heterocycles. The molecule has 2 aliphatic rings. The monoisotopic (exact) mass is 233 g/mol. The van der Waals surface area contributed by atoms with Crippen LogP contribution in [0.15, 0.2) is 36.1 Å². The molecular formula is C13H15NO3. The third-order valence-electron chi connectivity index (χ3n) is 3.12. The molecule has 17 heavy (non-hydrogen) atoms. The number of allylic oxidation sites excluding steroid dienone is 2. The van der Waals surface area contributed by atoms with Crippen molar-refractivity contribution in [2.45, 2.75) is 25.9 Å². The molecule has 1 N–H and O–H groups in total. The van der Waals surface area contributed by atoms with E-state index < -0.39 is 5.97 Å². The minimum atomic E-state index is -1.15. The van der Waals surface area contributed by atoms with E-state index in [-0.39, 0.29) is 29.4 Å². The van der Waals surface area contributed by atoms with Crippen LogP contribution in [0.4, 0.5) is 0 Å². The second kappa shape index (κ2) is 4.20. The molecular weight excluding hydrogens is 218 g/mol. The Hall–Kier alpha value is -1.84. The molecule has 0 spiro atoms. The zero-order valence-electron chi connectivity index (χ0n) is 9.83. The lowest BCUT2D eigenvalue weighted by molar-refractivity contribution is -0.136. The molecule has 0 bridgehead atoms. The molecule has 0 aromatic rings. The number of aliphatic carboxylic acids is 1. The zero-order chi connectivity index (χ0) is 12.6. The summed E-state index contributed by atoms with van der Waals surface area (Å²) in [5.41, 5.74) is -0.125. The second-order valence-electron chi connectivity index (χ2n) is 4.54. The predicted octanol–water partition coefficient (Wildman–Crippen LogP) is 1.36. The Labute approximate surface area is 99.9 Å². The van der Waals surface area contributed by atoms with Crippen molar-refractivity contribution < 1.29 is 14.7 Å². The Balaban J connectivity index is 2.46. The van der Waals surface area contributed by atoms with Crippen LogP contribution in [0.2, 0.25) is 0 Å². The number of ketones is 1. The second-order valence-corrected chi connectivity index (χ2v) is 4.54. The van der Waals surface area contributed by atoms with E-state index in [1.807, 2.05) is 30.9 Å². The molecule has 1 aliphatic carbocycles. The fourth-order valence-electron chi connectivity index (χ4n) is 2.25. The molecule has 0 unspecified atom stereocenters. The first kappa shape index (κ1) is 11.6. The summed E-state index contributed by atoms with van der Waals surface area (Å²) in [5, 5.41) is 9.04. The van der Waals surface area contributed by atoms with Crippen LogP contribution >= 0.6 is 0 Å². The molecule has 2 atom stereocenters. The van der Waals surface area contributed by atoms with Crippen molar-refractivity contribution in [3.05, 3.63) is 36.1 Å². The number of carboxylic acids is 1. The van der Waals surface area contributed by atoms with Crippen molar-refractivity contribution in [3.8, 4) is 0 Å². The summed E-state index contributed by atoms with van der Waals surface area (Å²) in [7, 11) is 0. The molecule has 0 aromatic carbocycles. The van der Waals surface area contributed by atoms with Gasteiger partial charge in [0.1, 0.15) is 5.57 Å². The van der Waals surface area contributed by atoms with Crippen molar-refractivity contribution >= 4 is 11.8 Å². The normalized spacial score (nSPS) is 27.1. The minimum absolute atomic E-state index is 0.0596. The zero-order valence-corrected chi connectivity index (χ0v) is 9.83. The van der Waals surface area contributed by atoms with Crippen molar-refractivity contribution in [1.82, 2.24) is 4.90 Å². The van der Waals surface area contributed by atoms with E-state index in [0.29, 0.717) is 0 Å². The number of hydrogen-bond acceptors (Lipinski definition) is 3. The smallest absolute Gasteiger partial charge is 0.340 e. The van der Waals surface area contributed by atoms with Crippen LogP contribution < -0.4 is 0 Å². The van der Waals surface area contributed by atoms with Gasteiger partial charge in [-0.2, -0.15) is 0 Å². The maximum absolute atomic E-state index is 12.0. The summed E-state index contributed by atoms with van der Waals surface area (Å²) in [6.45, 7) is 3.96. The van der Waals surface area contributed by atoms with Gasteiger partial charge in [0.05, 0.1) is 12.0 Å². The van der Waals surface area contributed by atoms with Crippen molar-refractivity contribution in [1.29, 1.82) is 0 Å². The highest BCUT2D eigenvalue weighted by Crippen LogP contribution is 2.29. The average Bonchev–Trinajstić information content (AvgIpc) is 2.29. The van der Waals surface area contributed by atoms with Crippen LogP contribution in [-0.4, -0.2) is 33.8 Å². The van der Waals surface area contributed by atoms with Gasteiger partial charge >= 0.3 is 5.97 Å². The van der Waals surface area contributed by atoms with Gasteiger partial charge in [-0.1, -0.05) is 24.3 Å². The Morgan fingerprint density at radius 3 is 2.59 bits per heavy atom. The molecule has 0 saturated carbocycles. The van der Waals surface area contributed by atoms with E-state index >= 15 is 0 Å². The molecule has 4 heteroatoms. The van der Waals surface area contributed by atoms with Crippen LogP contribution in [0.5, 0.6) is 0 Å². The first-order valence-electron chi connectivity index (χ1n) is 5.64. The number of Topliss-reactive ketones (excluding diaryl/α,β-unsaturated/α-hetero) is 1. The van der Waals surface area contributed by atoms with E-state index in [1.54, 1.807) is 12.2 Å². The lowest BCUT2D eigenvalue weighted by atomic mass is 9.83. The topological polar surface area (TPSA) is 57.6 Å². The molecule has 2 rings (SSSR count). The fourth-order valence-corrected chi connectivity index (χ4v) is 2.25. The van der Waals surface area contributed by atoms with Gasteiger partial charge in [0.25, 0.3) is 0 Å². The third-order valence-corrected chi connectivity index (χ3v) is 3.12. The van der Waals surface area contributed by atoms with E-state index in [4.69, 9.17) is 5.11 Å². The standard InChI is InChI=1S/C13H15NO3/c1-8(2)14-7-10(13(16)17)12(15)9-5-3-4-6-11(9)14/h3-9,11H,1-2H3,(H,16,17)/t9-,11-/m0/s1. The first-order valence-corrected chi connectivity index (χ1v) is 5.64. The van der Waals surface area contributed by atoms with Gasteiger partial charge in [0.2, 0.25) is 0 Å². The highest BCUT2D eigenvalue weighted by atomic mass is 16.4. The summed E-state index contributed by atoms with van der Waals surface area (Å²) in [5.74, 6) is -1.83. The number of carbonyl (C=O) groups is 2. The Morgan fingerprint density at radius 1 is 1.35 bits per heavy atom. The largest absolute Gasteiger partial charge is 0.478 e. The predicted molar refractivity (Wildman–Crippen MR) is 63.3 cm³/mol. The average molecular weight is 233 g/mol. The summed E-state index contributed by atoms with van der Waals surface area (Å²) >= 11 is 0. The Morgan fingerprint density at radius 2 is 2.00 bits per heavy atom. The van der Waals surface area contributed by atoms with Crippen molar-refractivity contribution in [2.75, 3.05) is 0 Å². The SMILES string of the molecule is CC(C)N1C=C(C(=O)O)C(=O)[C@H]2C=CC=C[C@@H]21. The number of rotatable bonds is 2. The van der Waals surface area contributed by atoms with Crippen molar-refractivity contribution in [3.63, 3.8) is 0 Å². The highest BCUT2D eigenvalue weighted by Gasteiger charge is 2.38. The maximum atomic E-state index is 12.0. The molecule has 1 heterocycles. The van der Waals surface area contributed by atoms with Crippen LogP contribution in [0.1, 0.15) is 13.8 Å². The summed E-state index contributed by atoms with van der Waals surface area (Å²) in [6, 6.07) is 0.0942. The van der Waals surface area contributed by atoms with Gasteiger partial charge in [-0.05, 0) is 13.8 Å². The first-order chi connectivity index (χ1) is 8.02. The van der Waals surface area contributed by atoms with Crippen LogP contribution in [0.3, 0.4) is 0 Å². The number of hydrogen-bond donors (Lipinski definition) is 1. The molecule has 0 amide bonds. The molecule has 1 aliphatic heterocycles. The molecule has 4 nitrogen and oxygen atoms in total. The highest BCUT2D eigenvalue weighted by molar-refractivity contribution is 6.18. The quantitative estimate of drug-likeness (QED) is 0.732. The van der Waals surface area contributed by atoms with E-state index in [0.717, 1.165) is 0 Å². The Kier molecular flexibility index (Phi) is 2.88. The van der Waals surface area contributed by atoms with Crippen LogP contribution in [0.25, 0.3) is 0 Å². The third kappa shape index (κ3) is 1.90. The van der Waals surface area contributed by atoms with Gasteiger partial charge in [0, 0.05) is 12.2 Å². The summed E-state index contributed by atoms with van der Waals surface area (Å²) < 4.78 is 0. The minimum Gasteiger partial charge on any atom is -0.478 e. The summed E-state index contributed by atoms with van der Waals surface area (Å²) in [6.07, 6.45) is 8.88. The van der Waals surface area contributed by atoms with Crippen molar-refractivity contribution in [2.24, 2.45) is 5.92 Å². The van der Waals surface area contributed by atoms with E-state index in [9.17, 15) is 9.59 Å². The van der Waals surface area contributed by atoms with Crippen LogP contribution in [-0.2, 0) is 9.59 Å². The Bertz CT molecular complexity index is 446. The lowest BCUT2D eigenvalue weighted by Gasteiger charge is -2.40. The molecule has 90 valence electrons. The van der Waals surface area contributed by atoms with E-state index in [2.05, 4.69) is 0 Å². The number of carbonyl (C=O) groups excluding carboxylic acids is 1. The maximum Gasteiger partial charge on any atom is 0.340 e. The van der Waals surface area contributed by atoms with Gasteiger partial charge in [-0.3, -0.25) is 4.79 Å². The molecule has 0 fully saturated rings. The summed E-state index contributed by atoms with van der Waals surface area (Å²) in [4.78, 5) is 25.0. The van der Waals surface area contributed by atoms with Gasteiger partial charge in [-0.15, -0.1) is 0 Å². The van der Waals surface area contributed by atoms with Crippen LogP contribution in [0, 0.1) is 5.92 Å². The van der Waals surface area contributed by atoms with E-state index in [1.165, 1.54) is 6.20 Å².